The number of carbonyl (C=O) groups excluding carboxylic acids is 1. The molecule has 2 aromatic heterocycles. The molecule has 1 saturated heterocycles. The van der Waals surface area contributed by atoms with Crippen LogP contribution in [0, 0.1) is 6.92 Å². The van der Waals surface area contributed by atoms with E-state index in [2.05, 4.69) is 22.2 Å². The van der Waals surface area contributed by atoms with Gasteiger partial charge in [-0.2, -0.15) is 0 Å². The second-order valence-corrected chi connectivity index (χ2v) is 6.47. The maximum Gasteiger partial charge on any atom is 0.289 e. The van der Waals surface area contributed by atoms with Gasteiger partial charge in [-0.1, -0.05) is 0 Å². The zero-order valence-corrected chi connectivity index (χ0v) is 14.0. The minimum absolute atomic E-state index is 0.112. The number of hydrogen-bond acceptors (Lipinski definition) is 5. The number of aromatic nitrogens is 3. The first kappa shape index (κ1) is 15.4. The summed E-state index contributed by atoms with van der Waals surface area (Å²) in [5, 5.41) is 3.05. The molecule has 3 heterocycles. The first-order valence-electron chi connectivity index (χ1n) is 8.58. The summed E-state index contributed by atoms with van der Waals surface area (Å²) in [6.45, 7) is 5.30. The highest BCUT2D eigenvalue weighted by Crippen LogP contribution is 2.40. The van der Waals surface area contributed by atoms with E-state index in [9.17, 15) is 4.79 Å². The highest BCUT2D eigenvalue weighted by Gasteiger charge is 2.36. The van der Waals surface area contributed by atoms with Crippen LogP contribution in [-0.4, -0.2) is 33.1 Å². The fraction of sp³-hybridized carbons (Fsp3) is 0.588. The minimum atomic E-state index is -0.227. The van der Waals surface area contributed by atoms with Gasteiger partial charge in [0.05, 0.1) is 11.7 Å². The van der Waals surface area contributed by atoms with Gasteiger partial charge in [-0.15, -0.1) is 0 Å². The molecule has 1 aliphatic carbocycles. The van der Waals surface area contributed by atoms with E-state index in [0.29, 0.717) is 29.9 Å². The van der Waals surface area contributed by atoms with E-state index < -0.39 is 0 Å². The highest BCUT2D eigenvalue weighted by atomic mass is 16.5. The summed E-state index contributed by atoms with van der Waals surface area (Å²) in [5.74, 6) is 2.04. The van der Waals surface area contributed by atoms with Gasteiger partial charge in [0.2, 0.25) is 5.76 Å². The number of carbonyl (C=O) groups is 1. The van der Waals surface area contributed by atoms with Gasteiger partial charge < -0.3 is 19.0 Å². The van der Waals surface area contributed by atoms with Crippen molar-refractivity contribution in [2.75, 3.05) is 6.61 Å². The van der Waals surface area contributed by atoms with E-state index in [1.807, 2.05) is 17.7 Å². The van der Waals surface area contributed by atoms with E-state index in [0.717, 1.165) is 31.6 Å². The lowest BCUT2D eigenvalue weighted by atomic mass is 10.1. The molecule has 2 aromatic rings. The maximum atomic E-state index is 12.6. The Bertz CT molecular complexity index is 747. The highest BCUT2D eigenvalue weighted by molar-refractivity contribution is 5.92. The topological polar surface area (TPSA) is 82.2 Å². The van der Waals surface area contributed by atoms with Crippen molar-refractivity contribution in [2.45, 2.75) is 57.7 Å². The van der Waals surface area contributed by atoms with Crippen LogP contribution in [0.5, 0.6) is 0 Å². The molecular weight excluding hydrogens is 308 g/mol. The van der Waals surface area contributed by atoms with Crippen molar-refractivity contribution in [3.8, 4) is 0 Å². The van der Waals surface area contributed by atoms with Gasteiger partial charge in [-0.25, -0.2) is 9.97 Å². The van der Waals surface area contributed by atoms with E-state index in [4.69, 9.17) is 9.15 Å². The Kier molecular flexibility index (Phi) is 3.88. The van der Waals surface area contributed by atoms with Crippen molar-refractivity contribution in [3.05, 3.63) is 35.6 Å². The molecule has 0 radical (unpaired) electrons. The molecule has 2 atom stereocenters. The standard InChI is InChI=1S/C17H22N4O3/c1-3-21-8-7-18-15(21)14-12(6-9-23-14)20-16(22)13-10(2)19-17(24-13)11-4-5-11/h7-8,11-12,14H,3-6,9H2,1-2H3,(H,20,22)/t12-,14-/m0/s1. The van der Waals surface area contributed by atoms with Crippen LogP contribution in [0.25, 0.3) is 0 Å². The number of imidazole rings is 1. The number of nitrogens with one attached hydrogen (secondary N) is 1. The zero-order chi connectivity index (χ0) is 16.7. The predicted molar refractivity (Wildman–Crippen MR) is 85.7 cm³/mol. The Labute approximate surface area is 140 Å². The molecule has 1 amide bonds. The van der Waals surface area contributed by atoms with Gasteiger partial charge in [-0.05, 0) is 33.1 Å². The number of amides is 1. The van der Waals surface area contributed by atoms with Crippen LogP contribution in [0.15, 0.2) is 16.8 Å². The molecule has 0 aromatic carbocycles. The summed E-state index contributed by atoms with van der Waals surface area (Å²) in [5.41, 5.74) is 0.653. The smallest absolute Gasteiger partial charge is 0.289 e. The number of nitrogens with zero attached hydrogens (tertiary/aromatic N) is 3. The maximum absolute atomic E-state index is 12.6. The Morgan fingerprint density at radius 3 is 3.00 bits per heavy atom. The fourth-order valence-corrected chi connectivity index (χ4v) is 3.20. The number of ether oxygens (including phenoxy) is 1. The number of oxazole rings is 1. The monoisotopic (exact) mass is 330 g/mol. The minimum Gasteiger partial charge on any atom is -0.435 e. The third-order valence-corrected chi connectivity index (χ3v) is 4.70. The summed E-state index contributed by atoms with van der Waals surface area (Å²) >= 11 is 0. The molecule has 2 aliphatic rings. The van der Waals surface area contributed by atoms with Crippen molar-refractivity contribution in [1.29, 1.82) is 0 Å². The Hall–Kier alpha value is -2.15. The molecule has 4 rings (SSSR count). The molecule has 24 heavy (non-hydrogen) atoms. The average Bonchev–Trinajstić information content (AvgIpc) is 2.97. The first-order chi connectivity index (χ1) is 11.7. The molecule has 0 spiro atoms. The van der Waals surface area contributed by atoms with Crippen LogP contribution in [-0.2, 0) is 11.3 Å². The van der Waals surface area contributed by atoms with Gasteiger partial charge in [0.15, 0.2) is 5.89 Å². The van der Waals surface area contributed by atoms with Gasteiger partial charge in [0.1, 0.15) is 11.9 Å². The summed E-state index contributed by atoms with van der Waals surface area (Å²) < 4.78 is 13.6. The molecule has 7 nitrogen and oxygen atoms in total. The van der Waals surface area contributed by atoms with Crippen molar-refractivity contribution >= 4 is 5.91 Å². The third-order valence-electron chi connectivity index (χ3n) is 4.70. The number of aryl methyl sites for hydroxylation is 2. The Morgan fingerprint density at radius 2 is 2.25 bits per heavy atom. The summed E-state index contributed by atoms with van der Waals surface area (Å²) in [6.07, 6.45) is 6.42. The normalized spacial score (nSPS) is 23.6. The van der Waals surface area contributed by atoms with Crippen LogP contribution in [0.1, 0.15) is 66.2 Å². The number of rotatable bonds is 5. The molecule has 1 saturated carbocycles. The van der Waals surface area contributed by atoms with Gasteiger partial charge >= 0.3 is 0 Å². The summed E-state index contributed by atoms with van der Waals surface area (Å²) in [7, 11) is 0. The fourth-order valence-electron chi connectivity index (χ4n) is 3.20. The first-order valence-corrected chi connectivity index (χ1v) is 8.58. The molecule has 1 aliphatic heterocycles. The van der Waals surface area contributed by atoms with E-state index in [1.165, 1.54) is 0 Å². The molecule has 128 valence electrons. The SMILES string of the molecule is CCn1ccnc1[C@H]1OCC[C@@H]1NC(=O)c1oc(C2CC2)nc1C. The van der Waals surface area contributed by atoms with Crippen molar-refractivity contribution in [1.82, 2.24) is 19.9 Å². The summed E-state index contributed by atoms with van der Waals surface area (Å²) in [4.78, 5) is 21.4. The van der Waals surface area contributed by atoms with Crippen LogP contribution >= 0.6 is 0 Å². The van der Waals surface area contributed by atoms with Gasteiger partial charge in [0.25, 0.3) is 5.91 Å². The molecule has 0 unspecified atom stereocenters. The van der Waals surface area contributed by atoms with E-state index in [-0.39, 0.29) is 18.1 Å². The molecule has 7 heteroatoms. The van der Waals surface area contributed by atoms with Crippen LogP contribution in [0.4, 0.5) is 0 Å². The predicted octanol–water partition coefficient (Wildman–Crippen LogP) is 2.34. The van der Waals surface area contributed by atoms with Gasteiger partial charge in [0, 0.05) is 31.5 Å². The molecule has 1 N–H and O–H groups in total. The molecule has 2 fully saturated rings. The van der Waals surface area contributed by atoms with Gasteiger partial charge in [-0.3, -0.25) is 4.79 Å². The van der Waals surface area contributed by atoms with Crippen LogP contribution in [0.2, 0.25) is 0 Å². The summed E-state index contributed by atoms with van der Waals surface area (Å²) in [6, 6.07) is -0.112. The lowest BCUT2D eigenvalue weighted by molar-refractivity contribution is 0.0758. The lowest BCUT2D eigenvalue weighted by Gasteiger charge is -2.19. The second kappa shape index (κ2) is 6.05. The Morgan fingerprint density at radius 1 is 1.42 bits per heavy atom. The molecule has 0 bridgehead atoms. The second-order valence-electron chi connectivity index (χ2n) is 6.47. The lowest BCUT2D eigenvalue weighted by Crippen LogP contribution is -2.37. The van der Waals surface area contributed by atoms with E-state index in [1.54, 1.807) is 6.20 Å². The van der Waals surface area contributed by atoms with Crippen molar-refractivity contribution in [3.63, 3.8) is 0 Å². The van der Waals surface area contributed by atoms with Crippen molar-refractivity contribution < 1.29 is 13.9 Å². The zero-order valence-electron chi connectivity index (χ0n) is 14.0. The van der Waals surface area contributed by atoms with Crippen LogP contribution in [0.3, 0.4) is 0 Å². The van der Waals surface area contributed by atoms with Crippen molar-refractivity contribution in [2.24, 2.45) is 0 Å². The average molecular weight is 330 g/mol. The molecular formula is C17H22N4O3. The largest absolute Gasteiger partial charge is 0.435 e. The Balaban J connectivity index is 1.50. The van der Waals surface area contributed by atoms with Crippen LogP contribution < -0.4 is 5.32 Å². The number of hydrogen-bond donors (Lipinski definition) is 1. The quantitative estimate of drug-likeness (QED) is 0.910. The van der Waals surface area contributed by atoms with E-state index >= 15 is 0 Å². The third kappa shape index (κ3) is 2.73.